The highest BCUT2D eigenvalue weighted by molar-refractivity contribution is 5.79. The Morgan fingerprint density at radius 2 is 2.24 bits per heavy atom. The Hall–Kier alpha value is -2.34. The molecule has 1 amide bonds. The zero-order valence-electron chi connectivity index (χ0n) is 14.0. The number of amides is 1. The van der Waals surface area contributed by atoms with Crippen LogP contribution in [0.4, 0.5) is 4.39 Å². The third-order valence-electron chi connectivity index (χ3n) is 5.03. The van der Waals surface area contributed by atoms with Crippen molar-refractivity contribution < 1.29 is 9.18 Å². The van der Waals surface area contributed by atoms with E-state index in [4.69, 9.17) is 4.98 Å². The minimum atomic E-state index is -0.321. The van der Waals surface area contributed by atoms with Gasteiger partial charge >= 0.3 is 0 Å². The second kappa shape index (κ2) is 6.88. The molecule has 1 aromatic carbocycles. The van der Waals surface area contributed by atoms with Gasteiger partial charge in [0.2, 0.25) is 5.91 Å². The fraction of sp³-hybridized carbons (Fsp3) is 0.421. The number of halogens is 1. The zero-order valence-corrected chi connectivity index (χ0v) is 14.0. The Kier molecular flexibility index (Phi) is 4.44. The molecular formula is C19H21FN4O. The number of hydrogen-bond acceptors (Lipinski definition) is 4. The Balaban J connectivity index is 1.43. The van der Waals surface area contributed by atoms with Crippen LogP contribution in [0.3, 0.4) is 0 Å². The Morgan fingerprint density at radius 1 is 1.36 bits per heavy atom. The summed E-state index contributed by atoms with van der Waals surface area (Å²) in [6, 6.07) is 6.46. The number of carbonyl (C=O) groups is 1. The first-order valence-corrected chi connectivity index (χ1v) is 8.77. The smallest absolute Gasteiger partial charge is 0.227 e. The van der Waals surface area contributed by atoms with Crippen LogP contribution < -0.4 is 5.32 Å². The van der Waals surface area contributed by atoms with Gasteiger partial charge in [-0.15, -0.1) is 0 Å². The van der Waals surface area contributed by atoms with Crippen LogP contribution in [0.15, 0.2) is 30.5 Å². The Labute approximate surface area is 146 Å². The van der Waals surface area contributed by atoms with Crippen molar-refractivity contribution in [1.29, 1.82) is 0 Å². The molecule has 1 atom stereocenters. The first kappa shape index (κ1) is 16.1. The van der Waals surface area contributed by atoms with E-state index in [2.05, 4.69) is 10.3 Å². The molecule has 1 fully saturated rings. The number of nitrogens with one attached hydrogen (secondary N) is 1. The third kappa shape index (κ3) is 3.39. The number of nitrogens with zero attached hydrogens (tertiary/aromatic N) is 3. The van der Waals surface area contributed by atoms with Crippen LogP contribution in [0, 0.1) is 5.82 Å². The SMILES string of the molecule is O=C(Cc1ccccc1F)N1CCC(c2ncc3c(n2)CCNC3)C1. The fourth-order valence-electron chi connectivity index (χ4n) is 3.56. The summed E-state index contributed by atoms with van der Waals surface area (Å²) in [4.78, 5) is 23.5. The van der Waals surface area contributed by atoms with Crippen molar-refractivity contribution in [1.82, 2.24) is 20.2 Å². The molecule has 2 aliphatic heterocycles. The number of aromatic nitrogens is 2. The molecule has 0 aliphatic carbocycles. The molecule has 0 spiro atoms. The maximum absolute atomic E-state index is 13.7. The maximum atomic E-state index is 13.7. The minimum absolute atomic E-state index is 0.0326. The second-order valence-electron chi connectivity index (χ2n) is 6.72. The highest BCUT2D eigenvalue weighted by atomic mass is 19.1. The molecule has 2 aliphatic rings. The number of carbonyl (C=O) groups excluding carboxylic acids is 1. The van der Waals surface area contributed by atoms with Crippen LogP contribution in [0.25, 0.3) is 0 Å². The van der Waals surface area contributed by atoms with E-state index in [9.17, 15) is 9.18 Å². The van der Waals surface area contributed by atoms with E-state index < -0.39 is 0 Å². The summed E-state index contributed by atoms with van der Waals surface area (Å²) in [7, 11) is 0. The summed E-state index contributed by atoms with van der Waals surface area (Å²) in [6.45, 7) is 3.07. The average Bonchev–Trinajstić information content (AvgIpc) is 3.13. The summed E-state index contributed by atoms with van der Waals surface area (Å²) in [5, 5.41) is 3.32. The van der Waals surface area contributed by atoms with Gasteiger partial charge in [0.15, 0.2) is 0 Å². The molecule has 1 aromatic heterocycles. The van der Waals surface area contributed by atoms with Gasteiger partial charge in [-0.1, -0.05) is 18.2 Å². The summed E-state index contributed by atoms with van der Waals surface area (Å²) in [5.74, 6) is 0.652. The lowest BCUT2D eigenvalue weighted by Crippen LogP contribution is -2.30. The third-order valence-corrected chi connectivity index (χ3v) is 5.03. The molecule has 5 nitrogen and oxygen atoms in total. The molecule has 0 bridgehead atoms. The lowest BCUT2D eigenvalue weighted by Gasteiger charge is -2.19. The van der Waals surface area contributed by atoms with Crippen molar-refractivity contribution in [2.75, 3.05) is 19.6 Å². The van der Waals surface area contributed by atoms with E-state index in [-0.39, 0.29) is 24.1 Å². The Bertz CT molecular complexity index is 795. The van der Waals surface area contributed by atoms with Gasteiger partial charge in [0.05, 0.1) is 6.42 Å². The largest absolute Gasteiger partial charge is 0.342 e. The number of likely N-dealkylation sites (tertiary alicyclic amines) is 1. The van der Waals surface area contributed by atoms with Crippen LogP contribution in [0.2, 0.25) is 0 Å². The molecule has 0 saturated carbocycles. The predicted octanol–water partition coefficient (Wildman–Crippen LogP) is 1.82. The fourth-order valence-corrected chi connectivity index (χ4v) is 3.56. The van der Waals surface area contributed by atoms with Crippen molar-refractivity contribution in [2.24, 2.45) is 0 Å². The van der Waals surface area contributed by atoms with Gasteiger partial charge in [0, 0.05) is 56.0 Å². The molecule has 4 rings (SSSR count). The topological polar surface area (TPSA) is 58.1 Å². The van der Waals surface area contributed by atoms with Gasteiger partial charge in [-0.05, 0) is 18.1 Å². The van der Waals surface area contributed by atoms with E-state index >= 15 is 0 Å². The standard InChI is InChI=1S/C19H21FN4O/c20-16-4-2-1-3-13(16)9-18(25)24-8-6-14(12-24)19-22-11-15-10-21-7-5-17(15)23-19/h1-4,11,14,21H,5-10,12H2. The van der Waals surface area contributed by atoms with Crippen LogP contribution in [0.1, 0.15) is 35.0 Å². The van der Waals surface area contributed by atoms with Crippen molar-refractivity contribution in [3.05, 3.63) is 58.9 Å². The molecule has 1 saturated heterocycles. The van der Waals surface area contributed by atoms with E-state index in [0.29, 0.717) is 18.7 Å². The second-order valence-corrected chi connectivity index (χ2v) is 6.72. The highest BCUT2D eigenvalue weighted by Crippen LogP contribution is 2.26. The first-order chi connectivity index (χ1) is 12.2. The van der Waals surface area contributed by atoms with Gasteiger partial charge in [0.25, 0.3) is 0 Å². The molecule has 25 heavy (non-hydrogen) atoms. The van der Waals surface area contributed by atoms with Crippen molar-refractivity contribution >= 4 is 5.91 Å². The minimum Gasteiger partial charge on any atom is -0.342 e. The van der Waals surface area contributed by atoms with E-state index in [1.54, 1.807) is 18.2 Å². The molecular weight excluding hydrogens is 319 g/mol. The normalized spacial score (nSPS) is 19.7. The van der Waals surface area contributed by atoms with Crippen LogP contribution in [-0.4, -0.2) is 40.4 Å². The first-order valence-electron chi connectivity index (χ1n) is 8.77. The lowest BCUT2D eigenvalue weighted by atomic mass is 10.1. The number of benzene rings is 1. The number of rotatable bonds is 3. The number of fused-ring (bicyclic) bond motifs is 1. The summed E-state index contributed by atoms with van der Waals surface area (Å²) < 4.78 is 13.7. The quantitative estimate of drug-likeness (QED) is 0.926. The van der Waals surface area contributed by atoms with Gasteiger partial charge < -0.3 is 10.2 Å². The molecule has 0 radical (unpaired) electrons. The van der Waals surface area contributed by atoms with Gasteiger partial charge in [-0.2, -0.15) is 0 Å². The molecule has 3 heterocycles. The average molecular weight is 340 g/mol. The predicted molar refractivity (Wildman–Crippen MR) is 91.5 cm³/mol. The van der Waals surface area contributed by atoms with Crippen molar-refractivity contribution in [2.45, 2.75) is 31.7 Å². The maximum Gasteiger partial charge on any atom is 0.227 e. The van der Waals surface area contributed by atoms with Crippen molar-refractivity contribution in [3.63, 3.8) is 0 Å². The van der Waals surface area contributed by atoms with E-state index in [1.807, 2.05) is 11.1 Å². The monoisotopic (exact) mass is 340 g/mol. The summed E-state index contributed by atoms with van der Waals surface area (Å²) >= 11 is 0. The highest BCUT2D eigenvalue weighted by Gasteiger charge is 2.30. The molecule has 6 heteroatoms. The van der Waals surface area contributed by atoms with Gasteiger partial charge in [-0.25, -0.2) is 14.4 Å². The zero-order chi connectivity index (χ0) is 17.2. The number of hydrogen-bond donors (Lipinski definition) is 1. The van der Waals surface area contributed by atoms with Crippen molar-refractivity contribution in [3.8, 4) is 0 Å². The van der Waals surface area contributed by atoms with Gasteiger partial charge in [0.1, 0.15) is 11.6 Å². The summed E-state index contributed by atoms with van der Waals surface area (Å²) in [6.07, 6.45) is 3.80. The molecule has 130 valence electrons. The van der Waals surface area contributed by atoms with Crippen LogP contribution in [-0.2, 0) is 24.2 Å². The lowest BCUT2D eigenvalue weighted by molar-refractivity contribution is -0.129. The van der Waals surface area contributed by atoms with E-state index in [0.717, 1.165) is 37.4 Å². The van der Waals surface area contributed by atoms with Gasteiger partial charge in [-0.3, -0.25) is 4.79 Å². The van der Waals surface area contributed by atoms with E-state index in [1.165, 1.54) is 11.6 Å². The molecule has 1 unspecified atom stereocenters. The molecule has 2 aromatic rings. The Morgan fingerprint density at radius 3 is 3.12 bits per heavy atom. The molecule has 1 N–H and O–H groups in total. The van der Waals surface area contributed by atoms with Crippen LogP contribution >= 0.6 is 0 Å². The summed E-state index contributed by atoms with van der Waals surface area (Å²) in [5.41, 5.74) is 2.74. The van der Waals surface area contributed by atoms with Crippen LogP contribution in [0.5, 0.6) is 0 Å².